The first kappa shape index (κ1) is 16.4. The molecule has 23 heavy (non-hydrogen) atoms. The van der Waals surface area contributed by atoms with Crippen LogP contribution in [0.4, 0.5) is 4.39 Å². The highest BCUT2D eigenvalue weighted by Crippen LogP contribution is 2.36. The highest BCUT2D eigenvalue weighted by Gasteiger charge is 2.44. The lowest BCUT2D eigenvalue weighted by Crippen LogP contribution is -2.52. The summed E-state index contributed by atoms with van der Waals surface area (Å²) in [5.74, 6) is -0.234. The molecule has 0 aliphatic carbocycles. The first-order valence-electron chi connectivity index (χ1n) is 8.24. The molecule has 5 heteroatoms. The molecule has 3 atom stereocenters. The first-order valence-corrected chi connectivity index (χ1v) is 8.24. The molecule has 2 aliphatic rings. The van der Waals surface area contributed by atoms with Crippen molar-refractivity contribution in [3.63, 3.8) is 0 Å². The molecule has 0 aromatic heterocycles. The number of hydrogen-bond donors (Lipinski definition) is 1. The SMILES string of the molecule is C[C@]1(O)CCOC[C@@H]1[C@H]1CCCN1Cc1cc(C#N)ccc1F. The van der Waals surface area contributed by atoms with Crippen molar-refractivity contribution in [1.29, 1.82) is 5.26 Å². The van der Waals surface area contributed by atoms with E-state index in [1.54, 1.807) is 6.07 Å². The number of halogens is 1. The van der Waals surface area contributed by atoms with Crippen molar-refractivity contribution in [2.75, 3.05) is 19.8 Å². The molecule has 1 aromatic carbocycles. The molecule has 2 aliphatic heterocycles. The molecule has 2 saturated heterocycles. The number of nitriles is 1. The molecular weight excluding hydrogens is 295 g/mol. The molecule has 0 amide bonds. The van der Waals surface area contributed by atoms with Crippen molar-refractivity contribution < 1.29 is 14.2 Å². The van der Waals surface area contributed by atoms with Crippen molar-refractivity contribution in [2.24, 2.45) is 5.92 Å². The number of nitrogens with zero attached hydrogens (tertiary/aromatic N) is 2. The Morgan fingerprint density at radius 2 is 2.35 bits per heavy atom. The third kappa shape index (κ3) is 3.40. The Bertz CT molecular complexity index is 612. The van der Waals surface area contributed by atoms with Crippen molar-refractivity contribution in [1.82, 2.24) is 4.90 Å². The predicted octanol–water partition coefficient (Wildman–Crippen LogP) is 2.45. The zero-order chi connectivity index (χ0) is 16.4. The smallest absolute Gasteiger partial charge is 0.127 e. The third-order valence-corrected chi connectivity index (χ3v) is 5.28. The van der Waals surface area contributed by atoms with Crippen LogP contribution in [0.15, 0.2) is 18.2 Å². The zero-order valence-corrected chi connectivity index (χ0v) is 13.5. The lowest BCUT2D eigenvalue weighted by Gasteiger charge is -2.43. The maximum atomic E-state index is 14.1. The van der Waals surface area contributed by atoms with Crippen LogP contribution in [-0.2, 0) is 11.3 Å². The van der Waals surface area contributed by atoms with Crippen LogP contribution in [0.5, 0.6) is 0 Å². The van der Waals surface area contributed by atoms with Crippen LogP contribution >= 0.6 is 0 Å². The summed E-state index contributed by atoms with van der Waals surface area (Å²) in [5.41, 5.74) is 0.288. The molecule has 2 heterocycles. The zero-order valence-electron chi connectivity index (χ0n) is 13.5. The quantitative estimate of drug-likeness (QED) is 0.930. The fourth-order valence-corrected chi connectivity index (χ4v) is 3.87. The first-order chi connectivity index (χ1) is 11.0. The van der Waals surface area contributed by atoms with E-state index in [1.807, 2.05) is 6.92 Å². The molecule has 0 radical (unpaired) electrons. The van der Waals surface area contributed by atoms with Crippen molar-refractivity contribution in [3.8, 4) is 6.07 Å². The van der Waals surface area contributed by atoms with E-state index in [0.29, 0.717) is 37.3 Å². The highest BCUT2D eigenvalue weighted by atomic mass is 19.1. The minimum Gasteiger partial charge on any atom is -0.390 e. The fraction of sp³-hybridized carbons (Fsp3) is 0.611. The van der Waals surface area contributed by atoms with Gasteiger partial charge >= 0.3 is 0 Å². The summed E-state index contributed by atoms with van der Waals surface area (Å²) < 4.78 is 19.7. The monoisotopic (exact) mass is 318 g/mol. The van der Waals surface area contributed by atoms with Gasteiger partial charge in [0.2, 0.25) is 0 Å². The Balaban J connectivity index is 1.78. The lowest BCUT2D eigenvalue weighted by atomic mass is 9.79. The molecule has 1 N–H and O–H groups in total. The van der Waals surface area contributed by atoms with E-state index in [2.05, 4.69) is 11.0 Å². The predicted molar refractivity (Wildman–Crippen MR) is 84.1 cm³/mol. The van der Waals surface area contributed by atoms with Gasteiger partial charge in [-0.15, -0.1) is 0 Å². The summed E-state index contributed by atoms with van der Waals surface area (Å²) in [6.07, 6.45) is 2.67. The molecule has 0 bridgehead atoms. The Morgan fingerprint density at radius 1 is 1.52 bits per heavy atom. The molecule has 0 spiro atoms. The molecular formula is C18H23FN2O2. The number of rotatable bonds is 3. The third-order valence-electron chi connectivity index (χ3n) is 5.28. The van der Waals surface area contributed by atoms with Gasteiger partial charge in [-0.1, -0.05) is 0 Å². The van der Waals surface area contributed by atoms with Gasteiger partial charge < -0.3 is 9.84 Å². The van der Waals surface area contributed by atoms with Gasteiger partial charge in [-0.25, -0.2) is 4.39 Å². The summed E-state index contributed by atoms with van der Waals surface area (Å²) >= 11 is 0. The van der Waals surface area contributed by atoms with Crippen LogP contribution in [0.25, 0.3) is 0 Å². The van der Waals surface area contributed by atoms with Crippen molar-refractivity contribution in [3.05, 3.63) is 35.1 Å². The Kier molecular flexibility index (Phi) is 4.67. The average Bonchev–Trinajstić information content (AvgIpc) is 2.97. The minimum atomic E-state index is -0.738. The molecule has 2 fully saturated rings. The number of aliphatic hydroxyl groups is 1. The molecule has 1 aromatic rings. The minimum absolute atomic E-state index is 0.0426. The van der Waals surface area contributed by atoms with Crippen molar-refractivity contribution >= 4 is 0 Å². The Labute approximate surface area is 136 Å². The summed E-state index contributed by atoms with van der Waals surface area (Å²) in [7, 11) is 0. The van der Waals surface area contributed by atoms with Crippen LogP contribution in [0.3, 0.4) is 0 Å². The van der Waals surface area contributed by atoms with Crippen LogP contribution in [0.2, 0.25) is 0 Å². The van der Waals surface area contributed by atoms with Gasteiger partial charge in [0.15, 0.2) is 0 Å². The maximum absolute atomic E-state index is 14.1. The number of hydrogen-bond acceptors (Lipinski definition) is 4. The van der Waals surface area contributed by atoms with E-state index in [0.717, 1.165) is 19.4 Å². The molecule has 0 unspecified atom stereocenters. The number of likely N-dealkylation sites (tertiary alicyclic amines) is 1. The van der Waals surface area contributed by atoms with Gasteiger partial charge in [-0.3, -0.25) is 4.90 Å². The summed E-state index contributed by atoms with van der Waals surface area (Å²) in [5, 5.41) is 19.7. The normalized spacial score (nSPS) is 31.9. The van der Waals surface area contributed by atoms with Gasteiger partial charge in [0.25, 0.3) is 0 Å². The van der Waals surface area contributed by atoms with Gasteiger partial charge in [0.1, 0.15) is 5.82 Å². The summed E-state index contributed by atoms with van der Waals surface area (Å²) in [6.45, 7) is 4.38. The van der Waals surface area contributed by atoms with E-state index >= 15 is 0 Å². The second-order valence-corrected chi connectivity index (χ2v) is 6.89. The topological polar surface area (TPSA) is 56.5 Å². The van der Waals surface area contributed by atoms with Gasteiger partial charge in [-0.2, -0.15) is 5.26 Å². The summed E-state index contributed by atoms with van der Waals surface area (Å²) in [4.78, 5) is 2.23. The second kappa shape index (κ2) is 6.56. The Hall–Kier alpha value is -1.48. The largest absolute Gasteiger partial charge is 0.390 e. The van der Waals surface area contributed by atoms with Crippen LogP contribution < -0.4 is 0 Å². The maximum Gasteiger partial charge on any atom is 0.127 e. The summed E-state index contributed by atoms with van der Waals surface area (Å²) in [6, 6.07) is 6.74. The fourth-order valence-electron chi connectivity index (χ4n) is 3.87. The average molecular weight is 318 g/mol. The van der Waals surface area contributed by atoms with Gasteiger partial charge in [0.05, 0.1) is 23.8 Å². The van der Waals surface area contributed by atoms with E-state index < -0.39 is 5.60 Å². The van der Waals surface area contributed by atoms with E-state index in [4.69, 9.17) is 10.00 Å². The molecule has 4 nitrogen and oxygen atoms in total. The Morgan fingerprint density at radius 3 is 3.09 bits per heavy atom. The van der Waals surface area contributed by atoms with E-state index in [-0.39, 0.29) is 17.8 Å². The standard InChI is InChI=1S/C18H23FN2O2/c1-18(22)6-8-23-12-15(18)17-3-2-7-21(17)11-14-9-13(10-20)4-5-16(14)19/h4-5,9,15,17,22H,2-3,6-8,11-12H2,1H3/t15-,17-,18+/m1/s1. The lowest BCUT2D eigenvalue weighted by molar-refractivity contribution is -0.123. The molecule has 124 valence electrons. The highest BCUT2D eigenvalue weighted by molar-refractivity contribution is 5.33. The number of ether oxygens (including phenoxy) is 1. The second-order valence-electron chi connectivity index (χ2n) is 6.89. The van der Waals surface area contributed by atoms with Crippen LogP contribution in [0.1, 0.15) is 37.3 Å². The van der Waals surface area contributed by atoms with Crippen LogP contribution in [0, 0.1) is 23.1 Å². The van der Waals surface area contributed by atoms with Crippen LogP contribution in [-0.4, -0.2) is 41.4 Å². The van der Waals surface area contributed by atoms with E-state index in [9.17, 15) is 9.50 Å². The number of benzene rings is 1. The van der Waals surface area contributed by atoms with Crippen molar-refractivity contribution in [2.45, 2.75) is 44.4 Å². The van der Waals surface area contributed by atoms with Gasteiger partial charge in [0, 0.05) is 30.7 Å². The molecule has 0 saturated carbocycles. The van der Waals surface area contributed by atoms with E-state index in [1.165, 1.54) is 12.1 Å². The molecule has 3 rings (SSSR count). The van der Waals surface area contributed by atoms with Gasteiger partial charge in [-0.05, 0) is 50.9 Å².